The molecule has 0 saturated carbocycles. The van der Waals surface area contributed by atoms with Crippen LogP contribution in [0.1, 0.15) is 27.7 Å². The second-order valence-corrected chi connectivity index (χ2v) is 5.66. The highest BCUT2D eigenvalue weighted by Crippen LogP contribution is 2.38. The zero-order valence-electron chi connectivity index (χ0n) is 7.59. The van der Waals surface area contributed by atoms with Gasteiger partial charge in [-0.1, -0.05) is 20.8 Å². The number of thioether (sulfide) groups is 1. The van der Waals surface area contributed by atoms with Crippen molar-refractivity contribution in [3.05, 3.63) is 0 Å². The summed E-state index contributed by atoms with van der Waals surface area (Å²) in [5, 5.41) is 13.4. The van der Waals surface area contributed by atoms with Crippen molar-refractivity contribution in [1.82, 2.24) is 5.32 Å². The third kappa shape index (κ3) is 2.10. The van der Waals surface area contributed by atoms with Crippen molar-refractivity contribution in [3.8, 4) is 0 Å². The lowest BCUT2D eigenvalue weighted by molar-refractivity contribution is 0.109. The van der Waals surface area contributed by atoms with Gasteiger partial charge in [0.25, 0.3) is 0 Å². The van der Waals surface area contributed by atoms with Gasteiger partial charge >= 0.3 is 0 Å². The lowest BCUT2D eigenvalue weighted by Crippen LogP contribution is -2.38. The van der Waals surface area contributed by atoms with Gasteiger partial charge in [-0.15, -0.1) is 11.8 Å². The Morgan fingerprint density at radius 3 is 2.09 bits per heavy atom. The number of rotatable bonds is 0. The molecule has 0 bridgehead atoms. The Morgan fingerprint density at radius 2 is 1.91 bits per heavy atom. The monoisotopic (exact) mass is 175 g/mol. The molecule has 3 atom stereocenters. The molecule has 66 valence electrons. The van der Waals surface area contributed by atoms with Gasteiger partial charge in [0.05, 0.1) is 10.6 Å². The van der Waals surface area contributed by atoms with E-state index in [0.717, 1.165) is 0 Å². The standard InChI is InChI=1S/C8H17NOS/c1-5-9-7(10)6(11-5)8(2,3)4/h5-7,9-10H,1-4H3. The molecule has 2 nitrogen and oxygen atoms in total. The summed E-state index contributed by atoms with van der Waals surface area (Å²) in [6, 6.07) is 0. The number of aliphatic hydroxyl groups is 1. The maximum atomic E-state index is 9.56. The highest BCUT2D eigenvalue weighted by atomic mass is 32.2. The third-order valence-corrected chi connectivity index (χ3v) is 3.70. The largest absolute Gasteiger partial charge is 0.377 e. The van der Waals surface area contributed by atoms with Crippen LogP contribution in [0.5, 0.6) is 0 Å². The van der Waals surface area contributed by atoms with Gasteiger partial charge in [0.2, 0.25) is 0 Å². The number of hydrogen-bond acceptors (Lipinski definition) is 3. The maximum Gasteiger partial charge on any atom is 0.118 e. The lowest BCUT2D eigenvalue weighted by Gasteiger charge is -2.27. The van der Waals surface area contributed by atoms with E-state index in [1.165, 1.54) is 0 Å². The highest BCUT2D eigenvalue weighted by molar-refractivity contribution is 8.00. The first-order valence-corrected chi connectivity index (χ1v) is 4.95. The fourth-order valence-corrected chi connectivity index (χ4v) is 2.63. The SMILES string of the molecule is CC1NC(O)C(C(C)(C)C)S1. The molecular formula is C8H17NOS. The Balaban J connectivity index is 2.60. The van der Waals surface area contributed by atoms with Gasteiger partial charge in [0.15, 0.2) is 0 Å². The van der Waals surface area contributed by atoms with Crippen molar-refractivity contribution in [2.45, 2.75) is 44.5 Å². The van der Waals surface area contributed by atoms with Gasteiger partial charge in [-0.2, -0.15) is 0 Å². The minimum Gasteiger partial charge on any atom is -0.377 e. The summed E-state index contributed by atoms with van der Waals surface area (Å²) in [6.45, 7) is 8.56. The zero-order chi connectivity index (χ0) is 8.65. The first-order chi connectivity index (χ1) is 4.91. The molecular weight excluding hydrogens is 158 g/mol. The molecule has 0 aromatic heterocycles. The molecule has 1 saturated heterocycles. The Hall–Kier alpha value is 0.270. The first kappa shape index (κ1) is 9.36. The van der Waals surface area contributed by atoms with Crippen molar-refractivity contribution in [1.29, 1.82) is 0 Å². The average molecular weight is 175 g/mol. The van der Waals surface area contributed by atoms with Crippen LogP contribution in [0.25, 0.3) is 0 Å². The molecule has 1 rings (SSSR count). The normalized spacial score (nSPS) is 39.5. The Morgan fingerprint density at radius 1 is 1.36 bits per heavy atom. The van der Waals surface area contributed by atoms with Crippen LogP contribution in [0.2, 0.25) is 0 Å². The topological polar surface area (TPSA) is 32.3 Å². The van der Waals surface area contributed by atoms with Crippen molar-refractivity contribution in [2.75, 3.05) is 0 Å². The van der Waals surface area contributed by atoms with Crippen LogP contribution >= 0.6 is 11.8 Å². The van der Waals surface area contributed by atoms with Crippen LogP contribution in [-0.2, 0) is 0 Å². The van der Waals surface area contributed by atoms with Crippen LogP contribution < -0.4 is 5.32 Å². The van der Waals surface area contributed by atoms with Crippen LogP contribution in [0.4, 0.5) is 0 Å². The van der Waals surface area contributed by atoms with Crippen molar-refractivity contribution < 1.29 is 5.11 Å². The molecule has 2 N–H and O–H groups in total. The van der Waals surface area contributed by atoms with Gasteiger partial charge in [-0.3, -0.25) is 5.32 Å². The van der Waals surface area contributed by atoms with Crippen molar-refractivity contribution >= 4 is 11.8 Å². The summed E-state index contributed by atoms with van der Waals surface area (Å²) in [5.74, 6) is 0. The summed E-state index contributed by atoms with van der Waals surface area (Å²) >= 11 is 1.82. The Kier molecular flexibility index (Phi) is 2.52. The number of nitrogens with one attached hydrogen (secondary N) is 1. The molecule has 1 aliphatic heterocycles. The lowest BCUT2D eigenvalue weighted by atomic mass is 9.91. The number of aliphatic hydroxyl groups excluding tert-OH is 1. The van der Waals surface area contributed by atoms with Gasteiger partial charge in [-0.05, 0) is 12.3 Å². The van der Waals surface area contributed by atoms with Crippen molar-refractivity contribution in [2.24, 2.45) is 5.41 Å². The Labute approximate surface area is 72.8 Å². The predicted octanol–water partition coefficient (Wildman–Crippen LogP) is 1.40. The molecule has 11 heavy (non-hydrogen) atoms. The second-order valence-electron chi connectivity index (χ2n) is 4.18. The van der Waals surface area contributed by atoms with E-state index in [1.54, 1.807) is 0 Å². The molecule has 0 aromatic rings. The molecule has 1 fully saturated rings. The molecule has 0 radical (unpaired) electrons. The Bertz CT molecular complexity index is 144. The van der Waals surface area contributed by atoms with E-state index in [0.29, 0.717) is 10.6 Å². The van der Waals surface area contributed by atoms with E-state index >= 15 is 0 Å². The van der Waals surface area contributed by atoms with E-state index in [2.05, 4.69) is 33.0 Å². The summed E-state index contributed by atoms with van der Waals surface area (Å²) < 4.78 is 0. The molecule has 0 spiro atoms. The first-order valence-electron chi connectivity index (χ1n) is 4.01. The summed E-state index contributed by atoms with van der Waals surface area (Å²) in [7, 11) is 0. The van der Waals surface area contributed by atoms with Crippen LogP contribution in [0.15, 0.2) is 0 Å². The zero-order valence-corrected chi connectivity index (χ0v) is 8.40. The number of hydrogen-bond donors (Lipinski definition) is 2. The van der Waals surface area contributed by atoms with E-state index in [9.17, 15) is 5.11 Å². The third-order valence-electron chi connectivity index (χ3n) is 1.90. The van der Waals surface area contributed by atoms with Crippen LogP contribution in [-0.4, -0.2) is 22.0 Å². The fourth-order valence-electron chi connectivity index (χ4n) is 1.34. The van der Waals surface area contributed by atoms with E-state index in [-0.39, 0.29) is 11.6 Å². The molecule has 0 aliphatic carbocycles. The van der Waals surface area contributed by atoms with Gasteiger partial charge in [0, 0.05) is 0 Å². The molecule has 3 heteroatoms. The minimum atomic E-state index is -0.338. The maximum absolute atomic E-state index is 9.56. The molecule has 1 aliphatic rings. The smallest absolute Gasteiger partial charge is 0.118 e. The van der Waals surface area contributed by atoms with Gasteiger partial charge in [-0.25, -0.2) is 0 Å². The fraction of sp³-hybridized carbons (Fsp3) is 1.00. The highest BCUT2D eigenvalue weighted by Gasteiger charge is 2.38. The van der Waals surface area contributed by atoms with Gasteiger partial charge in [0.1, 0.15) is 6.23 Å². The molecule has 0 amide bonds. The second kappa shape index (κ2) is 2.96. The van der Waals surface area contributed by atoms with Crippen molar-refractivity contribution in [3.63, 3.8) is 0 Å². The van der Waals surface area contributed by atoms with Crippen LogP contribution in [0, 0.1) is 5.41 Å². The quantitative estimate of drug-likeness (QED) is 0.584. The van der Waals surface area contributed by atoms with Gasteiger partial charge < -0.3 is 5.11 Å². The van der Waals surface area contributed by atoms with Crippen LogP contribution in [0.3, 0.4) is 0 Å². The molecule has 3 unspecified atom stereocenters. The predicted molar refractivity (Wildman–Crippen MR) is 49.4 cm³/mol. The molecule has 0 aromatic carbocycles. The summed E-state index contributed by atoms with van der Waals surface area (Å²) in [4.78, 5) is 0. The summed E-state index contributed by atoms with van der Waals surface area (Å²) in [6.07, 6.45) is -0.338. The van der Waals surface area contributed by atoms with E-state index in [1.807, 2.05) is 11.8 Å². The average Bonchev–Trinajstić information content (AvgIpc) is 2.08. The summed E-state index contributed by atoms with van der Waals surface area (Å²) in [5.41, 5.74) is 0.182. The van der Waals surface area contributed by atoms with E-state index in [4.69, 9.17) is 0 Å². The van der Waals surface area contributed by atoms with E-state index < -0.39 is 0 Å². The molecule has 1 heterocycles. The minimum absolute atomic E-state index is 0.182.